The van der Waals surface area contributed by atoms with Crippen LogP contribution in [0.15, 0.2) is 48.5 Å². The van der Waals surface area contributed by atoms with Crippen molar-refractivity contribution in [1.82, 2.24) is 10.3 Å². The first kappa shape index (κ1) is 15.5. The van der Waals surface area contributed by atoms with Gasteiger partial charge in [-0.05, 0) is 23.1 Å². The minimum atomic E-state index is -0.148. The highest BCUT2D eigenvalue weighted by atomic mass is 16.1. The van der Waals surface area contributed by atoms with E-state index in [1.165, 1.54) is 5.56 Å². The summed E-state index contributed by atoms with van der Waals surface area (Å²) in [4.78, 5) is 18.6. The first-order valence-corrected chi connectivity index (χ1v) is 8.00. The number of carbonyl (C=O) groups excluding carboxylic acids is 1. The number of rotatable bonds is 3. The first-order valence-electron chi connectivity index (χ1n) is 8.00. The van der Waals surface area contributed by atoms with Gasteiger partial charge < -0.3 is 10.2 Å². The molecule has 1 aliphatic rings. The molecular formula is C19H23N3O. The lowest BCUT2D eigenvalue weighted by atomic mass is 9.78. The first-order chi connectivity index (χ1) is 11.0. The Balaban J connectivity index is 1.87. The van der Waals surface area contributed by atoms with Gasteiger partial charge in [-0.1, -0.05) is 50.2 Å². The number of hydrogen-bond donors (Lipinski definition) is 1. The summed E-state index contributed by atoms with van der Waals surface area (Å²) in [6, 6.07) is 16.3. The second kappa shape index (κ2) is 6.03. The zero-order valence-corrected chi connectivity index (χ0v) is 13.9. The molecule has 0 saturated carbocycles. The molecule has 1 aliphatic heterocycles. The molecule has 1 fully saturated rings. The topological polar surface area (TPSA) is 45.2 Å². The van der Waals surface area contributed by atoms with Crippen LogP contribution < -0.4 is 10.2 Å². The van der Waals surface area contributed by atoms with Crippen molar-refractivity contribution in [2.45, 2.75) is 19.8 Å². The maximum atomic E-state index is 11.8. The van der Waals surface area contributed by atoms with Gasteiger partial charge in [-0.15, -0.1) is 0 Å². The minimum absolute atomic E-state index is 0.148. The summed E-state index contributed by atoms with van der Waals surface area (Å²) in [6.45, 7) is 6.44. The third kappa shape index (κ3) is 3.07. The summed E-state index contributed by atoms with van der Waals surface area (Å²) in [5.41, 5.74) is 1.99. The third-order valence-electron chi connectivity index (χ3n) is 4.66. The molecule has 0 aliphatic carbocycles. The number of carbonyl (C=O) groups is 1. The molecule has 4 heteroatoms. The molecule has 1 unspecified atom stereocenters. The highest BCUT2D eigenvalue weighted by Gasteiger charge is 2.40. The molecule has 2 heterocycles. The van der Waals surface area contributed by atoms with Crippen LogP contribution in [0.3, 0.4) is 0 Å². The molecule has 1 amide bonds. The number of amides is 1. The molecule has 1 saturated heterocycles. The zero-order valence-electron chi connectivity index (χ0n) is 13.9. The van der Waals surface area contributed by atoms with E-state index in [1.54, 1.807) is 13.1 Å². The molecule has 1 atom stereocenters. The van der Waals surface area contributed by atoms with E-state index in [0.717, 1.165) is 18.9 Å². The normalized spacial score (nSPS) is 19.6. The molecule has 2 aromatic rings. The standard InChI is InChI=1S/C19H23N3O/c1-19(2)13-22(12-15(19)14-8-5-4-6-9-14)17-11-7-10-16(21-17)18(23)20-3/h4-11,15H,12-13H2,1-3H3,(H,20,23). The molecule has 1 aromatic carbocycles. The van der Waals surface area contributed by atoms with Gasteiger partial charge in [-0.25, -0.2) is 4.98 Å². The van der Waals surface area contributed by atoms with Gasteiger partial charge >= 0.3 is 0 Å². The predicted octanol–water partition coefficient (Wildman–Crippen LogP) is 3.07. The summed E-state index contributed by atoms with van der Waals surface area (Å²) in [5, 5.41) is 2.63. The van der Waals surface area contributed by atoms with E-state index in [2.05, 4.69) is 59.4 Å². The van der Waals surface area contributed by atoms with Gasteiger partial charge in [0.2, 0.25) is 0 Å². The predicted molar refractivity (Wildman–Crippen MR) is 92.8 cm³/mol. The number of benzene rings is 1. The molecular weight excluding hydrogens is 286 g/mol. The van der Waals surface area contributed by atoms with E-state index in [-0.39, 0.29) is 11.3 Å². The fraction of sp³-hybridized carbons (Fsp3) is 0.368. The van der Waals surface area contributed by atoms with Crippen LogP contribution in [0.2, 0.25) is 0 Å². The SMILES string of the molecule is CNC(=O)c1cccc(N2CC(c3ccccc3)C(C)(C)C2)n1. The monoisotopic (exact) mass is 309 g/mol. The third-order valence-corrected chi connectivity index (χ3v) is 4.66. The molecule has 1 aromatic heterocycles. The van der Waals surface area contributed by atoms with Gasteiger partial charge in [0, 0.05) is 26.1 Å². The van der Waals surface area contributed by atoms with Crippen LogP contribution >= 0.6 is 0 Å². The Morgan fingerprint density at radius 2 is 1.91 bits per heavy atom. The lowest BCUT2D eigenvalue weighted by Crippen LogP contribution is -2.25. The number of hydrogen-bond acceptors (Lipinski definition) is 3. The van der Waals surface area contributed by atoms with Crippen molar-refractivity contribution in [1.29, 1.82) is 0 Å². The van der Waals surface area contributed by atoms with Crippen molar-refractivity contribution >= 4 is 11.7 Å². The van der Waals surface area contributed by atoms with Crippen LogP contribution in [0.1, 0.15) is 35.8 Å². The highest BCUT2D eigenvalue weighted by molar-refractivity contribution is 5.92. The summed E-state index contributed by atoms with van der Waals surface area (Å²) >= 11 is 0. The Hall–Kier alpha value is -2.36. The number of nitrogens with zero attached hydrogens (tertiary/aromatic N) is 2. The Morgan fingerprint density at radius 1 is 1.17 bits per heavy atom. The number of pyridine rings is 1. The number of aromatic nitrogens is 1. The summed E-state index contributed by atoms with van der Waals surface area (Å²) < 4.78 is 0. The maximum Gasteiger partial charge on any atom is 0.269 e. The average Bonchev–Trinajstić information content (AvgIpc) is 2.90. The van der Waals surface area contributed by atoms with E-state index in [4.69, 9.17) is 0 Å². The quantitative estimate of drug-likeness (QED) is 0.948. The highest BCUT2D eigenvalue weighted by Crippen LogP contribution is 2.43. The fourth-order valence-corrected chi connectivity index (χ4v) is 3.40. The smallest absolute Gasteiger partial charge is 0.269 e. The zero-order chi connectivity index (χ0) is 16.4. The van der Waals surface area contributed by atoms with Crippen molar-refractivity contribution in [2.75, 3.05) is 25.0 Å². The summed E-state index contributed by atoms with van der Waals surface area (Å²) in [5.74, 6) is 1.18. The summed E-state index contributed by atoms with van der Waals surface area (Å²) in [7, 11) is 1.63. The van der Waals surface area contributed by atoms with Gasteiger partial charge in [-0.2, -0.15) is 0 Å². The molecule has 0 spiro atoms. The lowest BCUT2D eigenvalue weighted by Gasteiger charge is -2.25. The van der Waals surface area contributed by atoms with E-state index < -0.39 is 0 Å². The largest absolute Gasteiger partial charge is 0.355 e. The van der Waals surface area contributed by atoms with Gasteiger partial charge in [0.15, 0.2) is 0 Å². The maximum absolute atomic E-state index is 11.8. The van der Waals surface area contributed by atoms with Crippen LogP contribution in [0.25, 0.3) is 0 Å². The summed E-state index contributed by atoms with van der Waals surface area (Å²) in [6.07, 6.45) is 0. The lowest BCUT2D eigenvalue weighted by molar-refractivity contribution is 0.0958. The van der Waals surface area contributed by atoms with Crippen LogP contribution in [-0.4, -0.2) is 31.0 Å². The molecule has 120 valence electrons. The van der Waals surface area contributed by atoms with Crippen LogP contribution in [0.5, 0.6) is 0 Å². The van der Waals surface area contributed by atoms with Crippen molar-refractivity contribution in [3.8, 4) is 0 Å². The van der Waals surface area contributed by atoms with E-state index in [1.807, 2.05) is 12.1 Å². The van der Waals surface area contributed by atoms with Crippen LogP contribution in [0.4, 0.5) is 5.82 Å². The van der Waals surface area contributed by atoms with Crippen molar-refractivity contribution in [3.63, 3.8) is 0 Å². The van der Waals surface area contributed by atoms with E-state index in [0.29, 0.717) is 11.6 Å². The van der Waals surface area contributed by atoms with E-state index >= 15 is 0 Å². The molecule has 3 rings (SSSR count). The molecule has 23 heavy (non-hydrogen) atoms. The van der Waals surface area contributed by atoms with Crippen molar-refractivity contribution in [3.05, 3.63) is 59.8 Å². The van der Waals surface area contributed by atoms with Gasteiger partial charge in [0.1, 0.15) is 11.5 Å². The van der Waals surface area contributed by atoms with Crippen LogP contribution in [-0.2, 0) is 0 Å². The van der Waals surface area contributed by atoms with Gasteiger partial charge in [-0.3, -0.25) is 4.79 Å². The van der Waals surface area contributed by atoms with Crippen molar-refractivity contribution < 1.29 is 4.79 Å². The van der Waals surface area contributed by atoms with Crippen LogP contribution in [0, 0.1) is 5.41 Å². The van der Waals surface area contributed by atoms with Gasteiger partial charge in [0.05, 0.1) is 0 Å². The number of anilines is 1. The molecule has 0 bridgehead atoms. The average molecular weight is 309 g/mol. The van der Waals surface area contributed by atoms with Crippen molar-refractivity contribution in [2.24, 2.45) is 5.41 Å². The van der Waals surface area contributed by atoms with Gasteiger partial charge in [0.25, 0.3) is 5.91 Å². The molecule has 0 radical (unpaired) electrons. The Morgan fingerprint density at radius 3 is 2.61 bits per heavy atom. The second-order valence-corrected chi connectivity index (χ2v) is 6.79. The fourth-order valence-electron chi connectivity index (χ4n) is 3.40. The number of nitrogens with one attached hydrogen (secondary N) is 1. The van der Waals surface area contributed by atoms with E-state index in [9.17, 15) is 4.79 Å². The minimum Gasteiger partial charge on any atom is -0.355 e. The second-order valence-electron chi connectivity index (χ2n) is 6.79. The molecule has 4 nitrogen and oxygen atoms in total. The Bertz CT molecular complexity index is 697. The Kier molecular flexibility index (Phi) is 4.07. The molecule has 1 N–H and O–H groups in total. The Labute approximate surface area is 137 Å².